The van der Waals surface area contributed by atoms with E-state index < -0.39 is 0 Å². The van der Waals surface area contributed by atoms with Gasteiger partial charge in [-0.2, -0.15) is 0 Å². The molecule has 1 heterocycles. The molecule has 1 N–H and O–H groups in total. The number of para-hydroxylation sites is 3. The largest absolute Gasteiger partial charge is 0.496 e. The van der Waals surface area contributed by atoms with Crippen LogP contribution in [0.15, 0.2) is 48.5 Å². The molecule has 0 saturated heterocycles. The maximum Gasteiger partial charge on any atom is 0.255 e. The molecule has 0 spiro atoms. The predicted molar refractivity (Wildman–Crippen MR) is 108 cm³/mol. The number of hydrogen-bond acceptors (Lipinski definition) is 3. The zero-order valence-corrected chi connectivity index (χ0v) is 16.4. The van der Waals surface area contributed by atoms with E-state index in [0.29, 0.717) is 17.2 Å². The Morgan fingerprint density at radius 2 is 1.81 bits per heavy atom. The highest BCUT2D eigenvalue weighted by molar-refractivity contribution is 5.97. The average molecular weight is 365 g/mol. The SMILES string of the molecule is COc1ccccc1C(=O)NC(C)c1nc2ccccc2n1CCC(C)C. The maximum absolute atomic E-state index is 12.8. The fourth-order valence-electron chi connectivity index (χ4n) is 3.22. The summed E-state index contributed by atoms with van der Waals surface area (Å²) in [5.41, 5.74) is 2.58. The quantitative estimate of drug-likeness (QED) is 0.667. The summed E-state index contributed by atoms with van der Waals surface area (Å²) in [4.78, 5) is 17.6. The molecule has 5 heteroatoms. The molecule has 0 saturated carbocycles. The van der Waals surface area contributed by atoms with Crippen molar-refractivity contribution in [2.75, 3.05) is 7.11 Å². The van der Waals surface area contributed by atoms with Gasteiger partial charge in [0, 0.05) is 6.54 Å². The molecule has 0 aliphatic carbocycles. The van der Waals surface area contributed by atoms with Crippen molar-refractivity contribution in [2.24, 2.45) is 5.92 Å². The first-order valence-electron chi connectivity index (χ1n) is 9.40. The van der Waals surface area contributed by atoms with Gasteiger partial charge in [0.25, 0.3) is 5.91 Å². The molecule has 0 bridgehead atoms. The van der Waals surface area contributed by atoms with E-state index in [1.807, 2.05) is 37.3 Å². The first-order valence-corrected chi connectivity index (χ1v) is 9.40. The third-order valence-electron chi connectivity index (χ3n) is 4.70. The first kappa shape index (κ1) is 19.0. The Morgan fingerprint density at radius 3 is 2.56 bits per heavy atom. The second kappa shape index (κ2) is 8.25. The lowest BCUT2D eigenvalue weighted by Crippen LogP contribution is -2.29. The minimum Gasteiger partial charge on any atom is -0.496 e. The second-order valence-corrected chi connectivity index (χ2v) is 7.19. The van der Waals surface area contributed by atoms with Crippen LogP contribution in [0.1, 0.15) is 49.4 Å². The van der Waals surface area contributed by atoms with Crippen LogP contribution in [0.2, 0.25) is 0 Å². The lowest BCUT2D eigenvalue weighted by molar-refractivity contribution is 0.0934. The summed E-state index contributed by atoms with van der Waals surface area (Å²) >= 11 is 0. The van der Waals surface area contributed by atoms with Crippen LogP contribution < -0.4 is 10.1 Å². The lowest BCUT2D eigenvalue weighted by Gasteiger charge is -2.18. The molecular formula is C22H27N3O2. The Morgan fingerprint density at radius 1 is 1.11 bits per heavy atom. The van der Waals surface area contributed by atoms with Crippen LogP contribution in [0.3, 0.4) is 0 Å². The first-order chi connectivity index (χ1) is 13.0. The number of aryl methyl sites for hydroxylation is 1. The minimum absolute atomic E-state index is 0.164. The number of hydrogen-bond donors (Lipinski definition) is 1. The van der Waals surface area contributed by atoms with Crippen molar-refractivity contribution in [2.45, 2.75) is 39.8 Å². The smallest absolute Gasteiger partial charge is 0.255 e. The van der Waals surface area contributed by atoms with Gasteiger partial charge in [0.2, 0.25) is 0 Å². The van der Waals surface area contributed by atoms with Crippen LogP contribution in [0, 0.1) is 5.92 Å². The zero-order valence-electron chi connectivity index (χ0n) is 16.4. The lowest BCUT2D eigenvalue weighted by atomic mass is 10.1. The zero-order chi connectivity index (χ0) is 19.4. The van der Waals surface area contributed by atoms with Gasteiger partial charge in [-0.25, -0.2) is 4.98 Å². The standard InChI is InChI=1S/C22H27N3O2/c1-15(2)13-14-25-19-11-7-6-10-18(19)24-21(25)16(3)23-22(26)17-9-5-8-12-20(17)27-4/h5-12,15-16H,13-14H2,1-4H3,(H,23,26). The predicted octanol–water partition coefficient (Wildman–Crippen LogP) is 4.58. The molecule has 5 nitrogen and oxygen atoms in total. The summed E-state index contributed by atoms with van der Waals surface area (Å²) in [6, 6.07) is 15.1. The third-order valence-corrected chi connectivity index (χ3v) is 4.70. The van der Waals surface area contributed by atoms with Crippen LogP contribution in [0.4, 0.5) is 0 Å². The number of rotatable bonds is 7. The van der Waals surface area contributed by atoms with Crippen LogP contribution in [0.5, 0.6) is 5.75 Å². The van der Waals surface area contributed by atoms with Gasteiger partial charge >= 0.3 is 0 Å². The fourth-order valence-corrected chi connectivity index (χ4v) is 3.22. The molecule has 1 amide bonds. The number of benzene rings is 2. The van der Waals surface area contributed by atoms with E-state index in [-0.39, 0.29) is 11.9 Å². The molecular weight excluding hydrogens is 338 g/mol. The second-order valence-electron chi connectivity index (χ2n) is 7.19. The Kier molecular flexibility index (Phi) is 5.79. The Hall–Kier alpha value is -2.82. The van der Waals surface area contributed by atoms with E-state index in [4.69, 9.17) is 9.72 Å². The molecule has 0 radical (unpaired) electrons. The highest BCUT2D eigenvalue weighted by Gasteiger charge is 2.20. The van der Waals surface area contributed by atoms with Crippen LogP contribution in [-0.4, -0.2) is 22.6 Å². The van der Waals surface area contributed by atoms with Crippen molar-refractivity contribution < 1.29 is 9.53 Å². The van der Waals surface area contributed by atoms with Gasteiger partial charge in [-0.1, -0.05) is 38.1 Å². The Labute approximate surface area is 160 Å². The highest BCUT2D eigenvalue weighted by Crippen LogP contribution is 2.23. The molecule has 0 aliphatic rings. The molecule has 3 rings (SSSR count). The number of methoxy groups -OCH3 is 1. The van der Waals surface area contributed by atoms with E-state index in [0.717, 1.165) is 29.8 Å². The van der Waals surface area contributed by atoms with Crippen molar-refractivity contribution in [3.05, 3.63) is 59.9 Å². The molecule has 1 unspecified atom stereocenters. The maximum atomic E-state index is 12.8. The van der Waals surface area contributed by atoms with Gasteiger partial charge in [-0.05, 0) is 43.5 Å². The summed E-state index contributed by atoms with van der Waals surface area (Å²) in [7, 11) is 1.57. The Balaban J connectivity index is 1.89. The molecule has 3 aromatic rings. The minimum atomic E-state index is -0.220. The van der Waals surface area contributed by atoms with E-state index >= 15 is 0 Å². The molecule has 1 aromatic heterocycles. The number of imidazole rings is 1. The summed E-state index contributed by atoms with van der Waals surface area (Å²) in [5, 5.41) is 3.07. The van der Waals surface area contributed by atoms with Crippen molar-refractivity contribution in [1.82, 2.24) is 14.9 Å². The number of ether oxygens (including phenoxy) is 1. The molecule has 1 atom stereocenters. The third kappa shape index (κ3) is 4.13. The Bertz CT molecular complexity index is 930. The number of nitrogens with zero attached hydrogens (tertiary/aromatic N) is 2. The van der Waals surface area contributed by atoms with Crippen LogP contribution in [-0.2, 0) is 6.54 Å². The number of aromatic nitrogens is 2. The molecule has 0 aliphatic heterocycles. The number of carbonyl (C=O) groups is 1. The van der Waals surface area contributed by atoms with Gasteiger partial charge in [0.05, 0.1) is 29.7 Å². The fraction of sp³-hybridized carbons (Fsp3) is 0.364. The summed E-state index contributed by atoms with van der Waals surface area (Å²) in [5.74, 6) is 1.87. The van der Waals surface area contributed by atoms with Crippen molar-refractivity contribution in [3.8, 4) is 5.75 Å². The number of nitrogens with one attached hydrogen (secondary N) is 1. The summed E-state index contributed by atoms with van der Waals surface area (Å²) in [6.45, 7) is 7.28. The highest BCUT2D eigenvalue weighted by atomic mass is 16.5. The van der Waals surface area contributed by atoms with Crippen molar-refractivity contribution in [1.29, 1.82) is 0 Å². The average Bonchev–Trinajstić information content (AvgIpc) is 3.05. The number of amides is 1. The van der Waals surface area contributed by atoms with Gasteiger partial charge in [0.15, 0.2) is 0 Å². The van der Waals surface area contributed by atoms with E-state index in [9.17, 15) is 4.79 Å². The van der Waals surface area contributed by atoms with E-state index in [2.05, 4.69) is 29.8 Å². The van der Waals surface area contributed by atoms with Crippen molar-refractivity contribution >= 4 is 16.9 Å². The van der Waals surface area contributed by atoms with Gasteiger partial charge in [0.1, 0.15) is 11.6 Å². The summed E-state index contributed by atoms with van der Waals surface area (Å²) in [6.07, 6.45) is 1.06. The number of fused-ring (bicyclic) bond motifs is 1. The van der Waals surface area contributed by atoms with Crippen LogP contribution in [0.25, 0.3) is 11.0 Å². The molecule has 27 heavy (non-hydrogen) atoms. The van der Waals surface area contributed by atoms with Gasteiger partial charge < -0.3 is 14.6 Å². The molecule has 142 valence electrons. The van der Waals surface area contributed by atoms with Gasteiger partial charge in [-0.15, -0.1) is 0 Å². The molecule has 0 fully saturated rings. The summed E-state index contributed by atoms with van der Waals surface area (Å²) < 4.78 is 7.53. The van der Waals surface area contributed by atoms with E-state index in [1.165, 1.54) is 0 Å². The van der Waals surface area contributed by atoms with Crippen molar-refractivity contribution in [3.63, 3.8) is 0 Å². The van der Waals surface area contributed by atoms with E-state index in [1.54, 1.807) is 19.2 Å². The molecule has 2 aromatic carbocycles. The van der Waals surface area contributed by atoms with Crippen LogP contribution >= 0.6 is 0 Å². The monoisotopic (exact) mass is 365 g/mol. The topological polar surface area (TPSA) is 56.1 Å². The normalized spacial score (nSPS) is 12.3. The van der Waals surface area contributed by atoms with Gasteiger partial charge in [-0.3, -0.25) is 4.79 Å². The number of carbonyl (C=O) groups excluding carboxylic acids is 1.